The second-order valence-corrected chi connectivity index (χ2v) is 11.1. The lowest BCUT2D eigenvalue weighted by Crippen LogP contribution is -2.57. The van der Waals surface area contributed by atoms with Gasteiger partial charge in [0.05, 0.1) is 10.5 Å². The van der Waals surface area contributed by atoms with Crippen molar-refractivity contribution in [2.45, 2.75) is 32.4 Å². The molecule has 0 amide bonds. The molecule has 152 valence electrons. The molecule has 2 rings (SSSR count). The maximum Gasteiger partial charge on any atom is 0.194 e. The number of rotatable bonds is 5. The number of nitrogens with one attached hydrogen (secondary N) is 1. The van der Waals surface area contributed by atoms with Crippen molar-refractivity contribution in [3.8, 4) is 0 Å². The molecule has 1 unspecified atom stereocenters. The molecular formula is C18H37N5O2S. The Kier molecular flexibility index (Phi) is 7.33. The van der Waals surface area contributed by atoms with Crippen LogP contribution in [0.15, 0.2) is 4.99 Å². The van der Waals surface area contributed by atoms with Crippen molar-refractivity contribution in [2.24, 2.45) is 10.9 Å². The highest BCUT2D eigenvalue weighted by Crippen LogP contribution is 2.23. The van der Waals surface area contributed by atoms with E-state index >= 15 is 0 Å². The Morgan fingerprint density at radius 1 is 1.19 bits per heavy atom. The summed E-state index contributed by atoms with van der Waals surface area (Å²) < 4.78 is 23.8. The summed E-state index contributed by atoms with van der Waals surface area (Å²) in [6.07, 6.45) is 0. The van der Waals surface area contributed by atoms with E-state index in [9.17, 15) is 8.42 Å². The fraction of sp³-hybridized carbons (Fsp3) is 0.944. The van der Waals surface area contributed by atoms with Gasteiger partial charge in [-0.15, -0.1) is 0 Å². The van der Waals surface area contributed by atoms with E-state index in [0.29, 0.717) is 19.0 Å². The van der Waals surface area contributed by atoms with Crippen LogP contribution in [0.5, 0.6) is 0 Å². The van der Waals surface area contributed by atoms with Crippen LogP contribution in [0.25, 0.3) is 0 Å². The number of hydrogen-bond acceptors (Lipinski definition) is 5. The van der Waals surface area contributed by atoms with Crippen molar-refractivity contribution in [3.63, 3.8) is 0 Å². The molecule has 0 aromatic rings. The SMILES string of the molecule is CCNC(=NCC(C)CN1CCN(C)CC1)N1CCS(=O)(=O)C(C)(C)C1. The zero-order valence-corrected chi connectivity index (χ0v) is 18.0. The van der Waals surface area contributed by atoms with Crippen LogP contribution in [0.1, 0.15) is 27.7 Å². The first-order valence-electron chi connectivity index (χ1n) is 9.81. The first-order chi connectivity index (χ1) is 12.1. The molecule has 8 heteroatoms. The average molecular weight is 388 g/mol. The molecular weight excluding hydrogens is 350 g/mol. The Labute approximate surface area is 159 Å². The van der Waals surface area contributed by atoms with E-state index in [4.69, 9.17) is 4.99 Å². The van der Waals surface area contributed by atoms with Gasteiger partial charge in [-0.25, -0.2) is 8.42 Å². The highest BCUT2D eigenvalue weighted by Gasteiger charge is 2.41. The smallest absolute Gasteiger partial charge is 0.194 e. The fourth-order valence-corrected chi connectivity index (χ4v) is 4.89. The van der Waals surface area contributed by atoms with Crippen molar-refractivity contribution in [2.75, 3.05) is 71.7 Å². The third kappa shape index (κ3) is 5.57. The third-order valence-electron chi connectivity index (χ3n) is 5.40. The molecule has 1 N–H and O–H groups in total. The zero-order valence-electron chi connectivity index (χ0n) is 17.2. The molecule has 0 saturated carbocycles. The molecule has 0 aliphatic carbocycles. The lowest BCUT2D eigenvalue weighted by molar-refractivity contribution is 0.140. The molecule has 2 aliphatic heterocycles. The summed E-state index contributed by atoms with van der Waals surface area (Å²) in [7, 11) is -0.858. The lowest BCUT2D eigenvalue weighted by atomic mass is 10.1. The van der Waals surface area contributed by atoms with Crippen molar-refractivity contribution in [1.29, 1.82) is 0 Å². The van der Waals surface area contributed by atoms with Crippen LogP contribution in [0, 0.1) is 5.92 Å². The van der Waals surface area contributed by atoms with Gasteiger partial charge in [0.2, 0.25) is 0 Å². The van der Waals surface area contributed by atoms with Crippen LogP contribution in [0.2, 0.25) is 0 Å². The summed E-state index contributed by atoms with van der Waals surface area (Å²) in [5, 5.41) is 3.34. The largest absolute Gasteiger partial charge is 0.357 e. The minimum atomic E-state index is -3.03. The molecule has 2 fully saturated rings. The molecule has 0 aromatic carbocycles. The summed E-state index contributed by atoms with van der Waals surface area (Å²) in [5.74, 6) is 1.52. The van der Waals surface area contributed by atoms with Crippen molar-refractivity contribution < 1.29 is 8.42 Å². The van der Waals surface area contributed by atoms with Crippen molar-refractivity contribution in [1.82, 2.24) is 20.0 Å². The second-order valence-electron chi connectivity index (χ2n) is 8.40. The molecule has 0 bridgehead atoms. The fourth-order valence-electron chi connectivity index (χ4n) is 3.52. The zero-order chi connectivity index (χ0) is 19.4. The van der Waals surface area contributed by atoms with Crippen LogP contribution in [0.4, 0.5) is 0 Å². The molecule has 2 aliphatic rings. The highest BCUT2D eigenvalue weighted by molar-refractivity contribution is 7.92. The highest BCUT2D eigenvalue weighted by atomic mass is 32.2. The van der Waals surface area contributed by atoms with Gasteiger partial charge in [0.25, 0.3) is 0 Å². The number of aliphatic imine (C=N–C) groups is 1. The predicted octanol–water partition coefficient (Wildman–Crippen LogP) is 0.344. The minimum absolute atomic E-state index is 0.196. The van der Waals surface area contributed by atoms with E-state index in [1.807, 2.05) is 13.8 Å². The normalized spacial score (nSPS) is 25.9. The molecule has 0 aromatic heterocycles. The Morgan fingerprint density at radius 2 is 1.85 bits per heavy atom. The number of likely N-dealkylation sites (N-methyl/N-ethyl adjacent to an activating group) is 1. The van der Waals surface area contributed by atoms with Crippen LogP contribution in [-0.2, 0) is 9.84 Å². The van der Waals surface area contributed by atoms with Crippen LogP contribution in [-0.4, -0.2) is 106 Å². The van der Waals surface area contributed by atoms with Crippen LogP contribution >= 0.6 is 0 Å². The van der Waals surface area contributed by atoms with Gasteiger partial charge in [-0.05, 0) is 33.7 Å². The maximum atomic E-state index is 12.2. The summed E-state index contributed by atoms with van der Waals surface area (Å²) in [6.45, 7) is 16.1. The average Bonchev–Trinajstić information content (AvgIpc) is 2.56. The van der Waals surface area contributed by atoms with Gasteiger partial charge >= 0.3 is 0 Å². The number of nitrogens with zero attached hydrogens (tertiary/aromatic N) is 4. The Morgan fingerprint density at radius 3 is 2.42 bits per heavy atom. The van der Waals surface area contributed by atoms with E-state index in [1.54, 1.807) is 0 Å². The molecule has 0 radical (unpaired) electrons. The summed E-state index contributed by atoms with van der Waals surface area (Å²) in [5.41, 5.74) is 0. The van der Waals surface area contributed by atoms with Gasteiger partial charge in [0, 0.05) is 58.9 Å². The van der Waals surface area contributed by atoms with E-state index < -0.39 is 14.6 Å². The van der Waals surface area contributed by atoms with Crippen molar-refractivity contribution >= 4 is 15.8 Å². The monoisotopic (exact) mass is 387 g/mol. The lowest BCUT2D eigenvalue weighted by Gasteiger charge is -2.39. The Bertz CT molecular complexity index is 582. The molecule has 1 atom stereocenters. The molecule has 2 heterocycles. The van der Waals surface area contributed by atoms with E-state index in [0.717, 1.165) is 51.8 Å². The summed E-state index contributed by atoms with van der Waals surface area (Å²) >= 11 is 0. The van der Waals surface area contributed by atoms with Crippen molar-refractivity contribution in [3.05, 3.63) is 0 Å². The summed E-state index contributed by atoms with van der Waals surface area (Å²) in [6, 6.07) is 0. The number of sulfone groups is 1. The first kappa shape index (κ1) is 21.4. The van der Waals surface area contributed by atoms with E-state index in [1.165, 1.54) is 0 Å². The Balaban J connectivity index is 1.93. The van der Waals surface area contributed by atoms with Gasteiger partial charge in [-0.2, -0.15) is 0 Å². The van der Waals surface area contributed by atoms with E-state index in [-0.39, 0.29) is 5.75 Å². The number of guanidine groups is 1. The number of piperazine rings is 1. The topological polar surface area (TPSA) is 68.2 Å². The van der Waals surface area contributed by atoms with Gasteiger partial charge < -0.3 is 20.0 Å². The standard InChI is InChI=1S/C18H37N5O2S/c1-6-19-17(23-11-12-26(24,25)18(3,4)15-23)20-13-16(2)14-22-9-7-21(5)8-10-22/h16H,6-15H2,1-5H3,(H,19,20). The minimum Gasteiger partial charge on any atom is -0.357 e. The maximum absolute atomic E-state index is 12.2. The molecule has 26 heavy (non-hydrogen) atoms. The van der Waals surface area contributed by atoms with Gasteiger partial charge in [-0.3, -0.25) is 4.99 Å². The van der Waals surface area contributed by atoms with Crippen LogP contribution < -0.4 is 5.32 Å². The summed E-state index contributed by atoms with van der Waals surface area (Å²) in [4.78, 5) is 11.8. The van der Waals surface area contributed by atoms with Crippen LogP contribution in [0.3, 0.4) is 0 Å². The van der Waals surface area contributed by atoms with E-state index in [2.05, 4.69) is 40.9 Å². The third-order valence-corrected chi connectivity index (χ3v) is 7.93. The van der Waals surface area contributed by atoms with Gasteiger partial charge in [-0.1, -0.05) is 6.92 Å². The molecule has 7 nitrogen and oxygen atoms in total. The second kappa shape index (κ2) is 8.89. The Hall–Kier alpha value is -0.860. The van der Waals surface area contributed by atoms with Gasteiger partial charge in [0.1, 0.15) is 0 Å². The molecule has 2 saturated heterocycles. The quantitative estimate of drug-likeness (QED) is 0.542. The molecule has 0 spiro atoms. The van der Waals surface area contributed by atoms with Gasteiger partial charge in [0.15, 0.2) is 15.8 Å². The number of hydrogen-bond donors (Lipinski definition) is 1. The predicted molar refractivity (Wildman–Crippen MR) is 109 cm³/mol. The first-order valence-corrected chi connectivity index (χ1v) is 11.5.